The molecule has 214 valence electrons. The van der Waals surface area contributed by atoms with Gasteiger partial charge in [0.2, 0.25) is 0 Å². The number of hydrogen-bond acceptors (Lipinski definition) is 6. The minimum Gasteiger partial charge on any atom is -0.484 e. The predicted octanol–water partition coefficient (Wildman–Crippen LogP) is 5.44. The van der Waals surface area contributed by atoms with Crippen LogP contribution in [0.2, 0.25) is 5.02 Å². The lowest BCUT2D eigenvalue weighted by molar-refractivity contribution is -0.0591. The van der Waals surface area contributed by atoms with Crippen LogP contribution in [0, 0.1) is 11.6 Å². The lowest BCUT2D eigenvalue weighted by Crippen LogP contribution is -2.32. The molecule has 1 saturated heterocycles. The first-order chi connectivity index (χ1) is 19.3. The van der Waals surface area contributed by atoms with Crippen LogP contribution < -0.4 is 4.74 Å². The van der Waals surface area contributed by atoms with Crippen molar-refractivity contribution < 1.29 is 28.2 Å². The van der Waals surface area contributed by atoms with Crippen molar-refractivity contribution in [1.29, 1.82) is 0 Å². The molecule has 6 rings (SSSR count). The van der Waals surface area contributed by atoms with Crippen LogP contribution in [-0.4, -0.2) is 56.3 Å². The van der Waals surface area contributed by atoms with Crippen molar-refractivity contribution in [3.63, 3.8) is 0 Å². The van der Waals surface area contributed by atoms with Gasteiger partial charge in [-0.15, -0.1) is 0 Å². The third kappa shape index (κ3) is 6.23. The van der Waals surface area contributed by atoms with Gasteiger partial charge in [-0.3, -0.25) is 9.88 Å². The first kappa shape index (κ1) is 29.0. The monoisotopic (exact) mass is 600 g/mol. The molecule has 0 radical (unpaired) electrons. The Kier molecular flexibility index (Phi) is 8.60. The number of nitrogens with zero attached hydrogens (tertiary/aromatic N) is 4. The van der Waals surface area contributed by atoms with E-state index in [1.54, 1.807) is 24.3 Å². The topological polar surface area (TPSA) is 89.7 Å². The Labute approximate surface area is 246 Å². The smallest absolute Gasteiger partial charge is 0.335 e. The van der Waals surface area contributed by atoms with E-state index >= 15 is 0 Å². The molecule has 0 unspecified atom stereocenters. The van der Waals surface area contributed by atoms with Crippen LogP contribution in [0.15, 0.2) is 54.7 Å². The van der Waals surface area contributed by atoms with Gasteiger partial charge in [-0.1, -0.05) is 17.7 Å². The summed E-state index contributed by atoms with van der Waals surface area (Å²) in [6.07, 6.45) is 4.11. The Hall–Kier alpha value is -3.51. The minimum atomic E-state index is -0.994. The van der Waals surface area contributed by atoms with E-state index in [-0.39, 0.29) is 42.5 Å². The third-order valence-corrected chi connectivity index (χ3v) is 7.37. The van der Waals surface area contributed by atoms with E-state index in [1.165, 1.54) is 12.1 Å². The molecule has 2 aliphatic heterocycles. The van der Waals surface area contributed by atoms with Crippen molar-refractivity contribution in [2.45, 2.75) is 32.2 Å². The van der Waals surface area contributed by atoms with Gasteiger partial charge in [0.25, 0.3) is 0 Å². The largest absolute Gasteiger partial charge is 0.484 e. The maximum atomic E-state index is 14.8. The minimum absolute atomic E-state index is 0. The van der Waals surface area contributed by atoms with Crippen LogP contribution in [0.3, 0.4) is 0 Å². The van der Waals surface area contributed by atoms with Gasteiger partial charge in [0.1, 0.15) is 18.2 Å². The summed E-state index contributed by atoms with van der Waals surface area (Å²) in [6.45, 7) is 2.82. The van der Waals surface area contributed by atoms with Crippen LogP contribution >= 0.6 is 25.1 Å². The molecule has 1 N–H and O–H groups in total. The molecule has 41 heavy (non-hydrogen) atoms. The SMILES string of the molecule is O=C(O)c1ccc2nc(CN3CC=C(c4cc(COc5ccc(Cl)cc5F)ncc4F)C3)n(C[C@@H]3CCO3)c2c1.S. The Morgan fingerprint density at radius 3 is 2.73 bits per heavy atom. The van der Waals surface area contributed by atoms with Gasteiger partial charge in [-0.05, 0) is 54.5 Å². The highest BCUT2D eigenvalue weighted by Crippen LogP contribution is 2.28. The number of fused-ring (bicyclic) bond motifs is 1. The molecule has 0 aliphatic carbocycles. The molecule has 0 bridgehead atoms. The number of pyridine rings is 1. The van der Waals surface area contributed by atoms with Crippen molar-refractivity contribution in [1.82, 2.24) is 19.4 Å². The lowest BCUT2D eigenvalue weighted by atomic mass is 10.1. The van der Waals surface area contributed by atoms with Crippen LogP contribution in [0.5, 0.6) is 5.75 Å². The zero-order chi connectivity index (χ0) is 27.8. The van der Waals surface area contributed by atoms with E-state index in [2.05, 4.69) is 9.88 Å². The summed E-state index contributed by atoms with van der Waals surface area (Å²) in [5.74, 6) is -1.21. The molecule has 8 nitrogen and oxygen atoms in total. The highest BCUT2D eigenvalue weighted by Gasteiger charge is 2.25. The number of hydrogen-bond donors (Lipinski definition) is 1. The van der Waals surface area contributed by atoms with Gasteiger partial charge in [0.05, 0.1) is 47.7 Å². The number of imidazole rings is 1. The molecule has 0 spiro atoms. The highest BCUT2D eigenvalue weighted by molar-refractivity contribution is 7.59. The number of benzene rings is 2. The third-order valence-electron chi connectivity index (χ3n) is 7.14. The quantitative estimate of drug-likeness (QED) is 0.274. The molecule has 12 heteroatoms. The molecule has 0 saturated carbocycles. The summed E-state index contributed by atoms with van der Waals surface area (Å²) < 4.78 is 42.1. The zero-order valence-corrected chi connectivity index (χ0v) is 23.6. The summed E-state index contributed by atoms with van der Waals surface area (Å²) in [7, 11) is 0. The van der Waals surface area contributed by atoms with E-state index in [4.69, 9.17) is 26.1 Å². The Morgan fingerprint density at radius 2 is 2.00 bits per heavy atom. The van der Waals surface area contributed by atoms with Gasteiger partial charge in [0.15, 0.2) is 11.6 Å². The molecule has 1 fully saturated rings. The summed E-state index contributed by atoms with van der Waals surface area (Å²) in [4.78, 5) is 22.6. The first-order valence-corrected chi connectivity index (χ1v) is 13.2. The Morgan fingerprint density at radius 1 is 1.17 bits per heavy atom. The number of aromatic nitrogens is 3. The second kappa shape index (κ2) is 12.2. The number of carboxylic acids is 1. The normalized spacial score (nSPS) is 16.8. The van der Waals surface area contributed by atoms with Crippen molar-refractivity contribution in [2.24, 2.45) is 0 Å². The number of rotatable bonds is 9. The number of aromatic carboxylic acids is 1. The number of carboxylic acid groups (broad SMARTS) is 1. The van der Waals surface area contributed by atoms with Gasteiger partial charge < -0.3 is 19.1 Å². The molecule has 2 aromatic heterocycles. The Bertz CT molecular complexity index is 1640. The molecule has 4 aromatic rings. The van der Waals surface area contributed by atoms with E-state index in [0.717, 1.165) is 35.6 Å². The zero-order valence-electron chi connectivity index (χ0n) is 21.8. The second-order valence-corrected chi connectivity index (χ2v) is 10.3. The van der Waals surface area contributed by atoms with Crippen LogP contribution in [0.1, 0.15) is 33.9 Å². The maximum Gasteiger partial charge on any atom is 0.335 e. The fourth-order valence-electron chi connectivity index (χ4n) is 4.94. The van der Waals surface area contributed by atoms with Gasteiger partial charge in [-0.2, -0.15) is 13.5 Å². The van der Waals surface area contributed by atoms with Crippen molar-refractivity contribution in [3.05, 3.63) is 94.0 Å². The van der Waals surface area contributed by atoms with Gasteiger partial charge >= 0.3 is 5.97 Å². The molecule has 4 heterocycles. The van der Waals surface area contributed by atoms with Crippen LogP contribution in [0.25, 0.3) is 16.6 Å². The van der Waals surface area contributed by atoms with Crippen molar-refractivity contribution >= 4 is 47.7 Å². The van der Waals surface area contributed by atoms with Crippen molar-refractivity contribution in [3.8, 4) is 5.75 Å². The van der Waals surface area contributed by atoms with Gasteiger partial charge in [0, 0.05) is 30.3 Å². The average molecular weight is 601 g/mol. The summed E-state index contributed by atoms with van der Waals surface area (Å²) in [5, 5.41) is 9.74. The summed E-state index contributed by atoms with van der Waals surface area (Å²) >= 11 is 5.79. The van der Waals surface area contributed by atoms with Crippen molar-refractivity contribution in [2.75, 3.05) is 19.7 Å². The second-order valence-electron chi connectivity index (χ2n) is 9.85. The lowest BCUT2D eigenvalue weighted by Gasteiger charge is -2.28. The van der Waals surface area contributed by atoms with Crippen LogP contribution in [-0.2, 0) is 24.4 Å². The number of carbonyl (C=O) groups is 1. The van der Waals surface area contributed by atoms with E-state index in [1.807, 2.05) is 10.6 Å². The fraction of sp³-hybridized carbons (Fsp3) is 0.276. The highest BCUT2D eigenvalue weighted by atomic mass is 35.5. The molecule has 1 atom stereocenters. The standard InChI is InChI=1S/C29H25ClF2N4O4.H2S/c30-19-2-4-27(23(31)10-19)40-16-20-11-22(24(32)12-33-20)18-5-7-35(13-18)15-28-34-25-3-1-17(29(37)38)9-26(25)36(28)14-21-6-8-39-21;/h1-5,9-12,21H,6-8,13-16H2,(H,37,38);1H2/t21-;/m0./s1. The van der Waals surface area contributed by atoms with E-state index in [9.17, 15) is 18.7 Å². The maximum absolute atomic E-state index is 14.8. The van der Waals surface area contributed by atoms with Crippen LogP contribution in [0.4, 0.5) is 8.78 Å². The van der Waals surface area contributed by atoms with Gasteiger partial charge in [-0.25, -0.2) is 18.6 Å². The molecular weight excluding hydrogens is 574 g/mol. The van der Waals surface area contributed by atoms with E-state index in [0.29, 0.717) is 49.6 Å². The fourth-order valence-corrected chi connectivity index (χ4v) is 5.10. The number of ether oxygens (including phenoxy) is 2. The van der Waals surface area contributed by atoms with E-state index < -0.39 is 17.6 Å². The molecule has 0 amide bonds. The summed E-state index contributed by atoms with van der Waals surface area (Å²) in [5.41, 5.74) is 3.34. The molecule has 2 aromatic carbocycles. The molecule has 2 aliphatic rings. The predicted molar refractivity (Wildman–Crippen MR) is 155 cm³/mol. The molecular formula is C29H27ClF2N4O4S. The first-order valence-electron chi connectivity index (χ1n) is 12.8. The Balaban J connectivity index is 0.00000337. The number of halogens is 3. The average Bonchev–Trinajstić information content (AvgIpc) is 3.50. The summed E-state index contributed by atoms with van der Waals surface area (Å²) in [6, 6.07) is 10.7.